The number of hydrogen-bond donors (Lipinski definition) is 3. The first-order chi connectivity index (χ1) is 48.4. The van der Waals surface area contributed by atoms with E-state index in [0.717, 1.165) is 115 Å². The quantitative estimate of drug-likeness (QED) is 0.0222. The van der Waals surface area contributed by atoms with Crippen molar-refractivity contribution >= 4 is 39.5 Å². The molecule has 0 aromatic heterocycles. The zero-order valence-electron chi connectivity index (χ0n) is 65.5. The lowest BCUT2D eigenvalue weighted by Gasteiger charge is -2.21. The molecule has 0 fully saturated rings. The van der Waals surface area contributed by atoms with E-state index in [1.807, 2.05) is 0 Å². The van der Waals surface area contributed by atoms with Gasteiger partial charge in [-0.2, -0.15) is 0 Å². The van der Waals surface area contributed by atoms with Crippen molar-refractivity contribution in [2.24, 2.45) is 11.8 Å². The van der Waals surface area contributed by atoms with E-state index in [-0.39, 0.29) is 25.7 Å². The van der Waals surface area contributed by atoms with Gasteiger partial charge < -0.3 is 33.8 Å². The molecule has 0 aliphatic heterocycles. The van der Waals surface area contributed by atoms with Crippen molar-refractivity contribution in [2.75, 3.05) is 39.6 Å². The molecule has 594 valence electrons. The van der Waals surface area contributed by atoms with Gasteiger partial charge in [0.2, 0.25) is 0 Å². The van der Waals surface area contributed by atoms with E-state index in [1.54, 1.807) is 0 Å². The third kappa shape index (κ3) is 74.3. The lowest BCUT2D eigenvalue weighted by Crippen LogP contribution is -2.30. The molecule has 0 aromatic rings. The van der Waals surface area contributed by atoms with E-state index >= 15 is 0 Å². The third-order valence-electron chi connectivity index (χ3n) is 19.0. The number of hydrogen-bond acceptors (Lipinski definition) is 15. The van der Waals surface area contributed by atoms with Gasteiger partial charge in [0.15, 0.2) is 12.2 Å². The van der Waals surface area contributed by atoms with Crippen molar-refractivity contribution in [3.05, 3.63) is 0 Å². The number of phosphoric ester groups is 2. The second-order valence-corrected chi connectivity index (χ2v) is 33.0. The predicted molar refractivity (Wildman–Crippen MR) is 409 cm³/mol. The first kappa shape index (κ1) is 98.1. The number of carbonyl (C=O) groups is 4. The fourth-order valence-electron chi connectivity index (χ4n) is 12.5. The summed E-state index contributed by atoms with van der Waals surface area (Å²) in [5.74, 6) is -0.517. The van der Waals surface area contributed by atoms with E-state index in [9.17, 15) is 43.2 Å². The van der Waals surface area contributed by atoms with Gasteiger partial charge in [-0.1, -0.05) is 375 Å². The maximum absolute atomic E-state index is 13.1. The molecule has 3 N–H and O–H groups in total. The molecule has 19 heteroatoms. The maximum Gasteiger partial charge on any atom is 0.472 e. The Morgan fingerprint density at radius 3 is 0.680 bits per heavy atom. The van der Waals surface area contributed by atoms with Crippen LogP contribution >= 0.6 is 15.6 Å². The Bertz CT molecular complexity index is 1920. The second-order valence-electron chi connectivity index (χ2n) is 30.1. The van der Waals surface area contributed by atoms with Crippen LogP contribution in [0, 0.1) is 11.8 Å². The van der Waals surface area contributed by atoms with E-state index in [2.05, 4.69) is 41.5 Å². The van der Waals surface area contributed by atoms with E-state index in [4.69, 9.17) is 37.0 Å². The van der Waals surface area contributed by atoms with Gasteiger partial charge in [0.25, 0.3) is 0 Å². The number of esters is 4. The molecule has 0 bridgehead atoms. The minimum absolute atomic E-state index is 0.107. The van der Waals surface area contributed by atoms with Crippen LogP contribution < -0.4 is 0 Å². The molecule has 0 amide bonds. The zero-order chi connectivity index (χ0) is 73.5. The summed E-state index contributed by atoms with van der Waals surface area (Å²) in [4.78, 5) is 72.9. The van der Waals surface area contributed by atoms with Gasteiger partial charge in [0.05, 0.1) is 26.4 Å². The fourth-order valence-corrected chi connectivity index (χ4v) is 14.1. The molecule has 0 heterocycles. The Hall–Kier alpha value is -1.94. The number of phosphoric acid groups is 2. The van der Waals surface area contributed by atoms with E-state index in [0.29, 0.717) is 25.7 Å². The van der Waals surface area contributed by atoms with Crippen LogP contribution in [-0.2, 0) is 65.4 Å². The van der Waals surface area contributed by atoms with Gasteiger partial charge in [0.1, 0.15) is 19.3 Å². The average molecular weight is 1470 g/mol. The minimum atomic E-state index is -4.96. The van der Waals surface area contributed by atoms with Crippen LogP contribution in [0.25, 0.3) is 0 Å². The van der Waals surface area contributed by atoms with Crippen LogP contribution in [-0.4, -0.2) is 96.7 Å². The first-order valence-corrected chi connectivity index (χ1v) is 45.0. The average Bonchev–Trinajstić information content (AvgIpc) is 0.999. The smallest absolute Gasteiger partial charge is 0.462 e. The fraction of sp³-hybridized carbons (Fsp3) is 0.951. The number of ether oxygens (including phenoxy) is 4. The Labute approximate surface area is 613 Å². The third-order valence-corrected chi connectivity index (χ3v) is 20.9. The largest absolute Gasteiger partial charge is 0.472 e. The number of unbranched alkanes of at least 4 members (excludes halogenated alkanes) is 50. The molecule has 0 aliphatic rings. The number of carbonyl (C=O) groups excluding carboxylic acids is 4. The van der Waals surface area contributed by atoms with Crippen molar-refractivity contribution in [3.63, 3.8) is 0 Å². The second kappa shape index (κ2) is 72.6. The lowest BCUT2D eigenvalue weighted by atomic mass is 10.0. The summed E-state index contributed by atoms with van der Waals surface area (Å²) in [6.45, 7) is 9.64. The zero-order valence-corrected chi connectivity index (χ0v) is 67.3. The highest BCUT2D eigenvalue weighted by Crippen LogP contribution is 2.45. The highest BCUT2D eigenvalue weighted by Gasteiger charge is 2.30. The van der Waals surface area contributed by atoms with Crippen LogP contribution in [0.1, 0.15) is 427 Å². The van der Waals surface area contributed by atoms with Crippen LogP contribution in [0.2, 0.25) is 0 Å². The van der Waals surface area contributed by atoms with Gasteiger partial charge >= 0.3 is 39.5 Å². The number of aliphatic hydroxyl groups excluding tert-OH is 1. The number of rotatable bonds is 80. The minimum Gasteiger partial charge on any atom is -0.462 e. The summed E-state index contributed by atoms with van der Waals surface area (Å²) in [6.07, 6.45) is 62.6. The van der Waals surface area contributed by atoms with Crippen LogP contribution in [0.3, 0.4) is 0 Å². The van der Waals surface area contributed by atoms with Crippen molar-refractivity contribution in [3.8, 4) is 0 Å². The van der Waals surface area contributed by atoms with Crippen LogP contribution in [0.5, 0.6) is 0 Å². The van der Waals surface area contributed by atoms with Crippen LogP contribution in [0.15, 0.2) is 0 Å². The SMILES string of the molecule is CCCCCCCCCCCCCCCCCCCCC(=O)OC[C@H](COP(=O)(O)OC[C@@H](O)COP(=O)(O)OC[C@@H](COC(=O)CCCCCCCCC)OC(=O)CCCCCCCCCCCCCCCC(C)C)OC(=O)CCCCCCCCCCCCCCCCCCC(C)C. The van der Waals surface area contributed by atoms with Crippen molar-refractivity contribution in [1.82, 2.24) is 0 Å². The summed E-state index contributed by atoms with van der Waals surface area (Å²) in [5, 5.41) is 10.6. The van der Waals surface area contributed by atoms with Gasteiger partial charge in [-0.05, 0) is 37.5 Å². The summed E-state index contributed by atoms with van der Waals surface area (Å²) < 4.78 is 68.6. The highest BCUT2D eigenvalue weighted by molar-refractivity contribution is 7.47. The van der Waals surface area contributed by atoms with Gasteiger partial charge in [0, 0.05) is 25.7 Å². The lowest BCUT2D eigenvalue weighted by molar-refractivity contribution is -0.161. The molecular formula is C81H158O17P2. The van der Waals surface area contributed by atoms with Crippen molar-refractivity contribution in [2.45, 2.75) is 445 Å². The molecule has 0 saturated carbocycles. The predicted octanol–water partition coefficient (Wildman–Crippen LogP) is 24.3. The Morgan fingerprint density at radius 1 is 0.270 bits per heavy atom. The van der Waals surface area contributed by atoms with Gasteiger partial charge in [-0.3, -0.25) is 37.3 Å². The summed E-state index contributed by atoms with van der Waals surface area (Å²) in [5.41, 5.74) is 0. The molecule has 0 spiro atoms. The Kier molecular flexibility index (Phi) is 71.2. The monoisotopic (exact) mass is 1470 g/mol. The summed E-state index contributed by atoms with van der Waals surface area (Å²) >= 11 is 0. The molecule has 17 nitrogen and oxygen atoms in total. The molecule has 0 radical (unpaired) electrons. The number of aliphatic hydroxyl groups is 1. The summed E-state index contributed by atoms with van der Waals surface area (Å²) in [6, 6.07) is 0. The highest BCUT2D eigenvalue weighted by atomic mass is 31.2. The topological polar surface area (TPSA) is 237 Å². The van der Waals surface area contributed by atoms with E-state index < -0.39 is 97.5 Å². The Morgan fingerprint density at radius 2 is 0.460 bits per heavy atom. The first-order valence-electron chi connectivity index (χ1n) is 42.0. The molecule has 0 aromatic carbocycles. The Balaban J connectivity index is 5.18. The van der Waals surface area contributed by atoms with Crippen molar-refractivity contribution < 1.29 is 80.2 Å². The van der Waals surface area contributed by atoms with E-state index in [1.165, 1.54) is 231 Å². The van der Waals surface area contributed by atoms with Gasteiger partial charge in [-0.15, -0.1) is 0 Å². The molecule has 5 atom stereocenters. The molecule has 0 rings (SSSR count). The molecule has 0 saturated heterocycles. The summed E-state index contributed by atoms with van der Waals surface area (Å²) in [7, 11) is -9.91. The molecule has 2 unspecified atom stereocenters. The molecule has 0 aliphatic carbocycles. The van der Waals surface area contributed by atoms with Gasteiger partial charge in [-0.25, -0.2) is 9.13 Å². The standard InChI is InChI=1S/C81H158O17P2/c1-7-9-11-13-15-16-17-18-19-20-21-25-30-35-40-46-52-58-64-79(84)92-70-77(98-81(86)65-59-53-47-41-36-31-26-23-22-24-28-33-38-44-49-55-61-73(3)4)72-96-100(89,90)94-68-75(82)67-93-99(87,88)95-71-76(69-91-78(83)63-57-51-43-14-12-10-8-2)97-80(85)66-60-54-48-42-37-32-27-29-34-39-45-50-56-62-74(5)6/h73-77,82H,7-72H2,1-6H3,(H,87,88)(H,89,90)/t75-,76+,77+/m0/s1. The van der Waals surface area contributed by atoms with Crippen molar-refractivity contribution in [1.29, 1.82) is 0 Å². The normalized spacial score (nSPS) is 13.9. The maximum atomic E-state index is 13.1. The molecular weight excluding hydrogens is 1310 g/mol. The molecule has 100 heavy (non-hydrogen) atoms. The van der Waals surface area contributed by atoms with Crippen LogP contribution in [0.4, 0.5) is 0 Å².